The van der Waals surface area contributed by atoms with Gasteiger partial charge in [-0.25, -0.2) is 9.97 Å². The molecule has 1 atom stereocenters. The van der Waals surface area contributed by atoms with E-state index < -0.39 is 0 Å². The monoisotopic (exact) mass is 512 g/mol. The predicted molar refractivity (Wildman–Crippen MR) is 146 cm³/mol. The van der Waals surface area contributed by atoms with Crippen LogP contribution in [-0.4, -0.2) is 56.2 Å². The number of nitrogens with zero attached hydrogens (tertiary/aromatic N) is 4. The number of pyridine rings is 1. The quantitative estimate of drug-likeness (QED) is 0.401. The minimum Gasteiger partial charge on any atom is -0.393 e. The number of hydrogen-bond donors (Lipinski definition) is 3. The summed E-state index contributed by atoms with van der Waals surface area (Å²) in [5.74, 6) is 1.95. The molecule has 3 heterocycles. The van der Waals surface area contributed by atoms with Gasteiger partial charge in [0.05, 0.1) is 6.10 Å². The summed E-state index contributed by atoms with van der Waals surface area (Å²) in [6, 6.07) is 4.70. The van der Waals surface area contributed by atoms with Gasteiger partial charge in [-0.2, -0.15) is 4.98 Å². The summed E-state index contributed by atoms with van der Waals surface area (Å²) in [6.45, 7) is 7.16. The van der Waals surface area contributed by atoms with Crippen molar-refractivity contribution in [2.45, 2.75) is 102 Å². The molecule has 2 aliphatic carbocycles. The van der Waals surface area contributed by atoms with E-state index in [1.165, 1.54) is 31.2 Å². The molecule has 5 rings (SSSR count). The molecule has 0 aromatic carbocycles. The van der Waals surface area contributed by atoms with E-state index in [4.69, 9.17) is 21.6 Å². The number of nitrogens with one attached hydrogen (secondary N) is 2. The van der Waals surface area contributed by atoms with Crippen molar-refractivity contribution >= 4 is 29.1 Å². The van der Waals surface area contributed by atoms with Gasteiger partial charge >= 0.3 is 0 Å². The van der Waals surface area contributed by atoms with E-state index in [1.54, 1.807) is 12.3 Å². The van der Waals surface area contributed by atoms with Crippen LogP contribution in [0.5, 0.6) is 0 Å². The van der Waals surface area contributed by atoms with Crippen LogP contribution < -0.4 is 10.6 Å². The Morgan fingerprint density at radius 3 is 2.56 bits per heavy atom. The Balaban J connectivity index is 1.30. The summed E-state index contributed by atoms with van der Waals surface area (Å²) in [4.78, 5) is 16.4. The Morgan fingerprint density at radius 1 is 1.06 bits per heavy atom. The van der Waals surface area contributed by atoms with E-state index in [-0.39, 0.29) is 6.10 Å². The molecule has 196 valence electrons. The maximum atomic E-state index is 9.96. The van der Waals surface area contributed by atoms with E-state index in [9.17, 15) is 5.11 Å². The summed E-state index contributed by atoms with van der Waals surface area (Å²) in [6.07, 6.45) is 14.8. The van der Waals surface area contributed by atoms with Crippen LogP contribution in [0.25, 0.3) is 0 Å². The topological polar surface area (TPSA) is 86.2 Å². The molecule has 0 bridgehead atoms. The fourth-order valence-electron chi connectivity index (χ4n) is 6.43. The molecule has 3 aliphatic rings. The number of aromatic nitrogens is 3. The highest BCUT2D eigenvalue weighted by Crippen LogP contribution is 2.40. The van der Waals surface area contributed by atoms with Gasteiger partial charge in [0, 0.05) is 35.7 Å². The van der Waals surface area contributed by atoms with Crippen LogP contribution in [0.1, 0.15) is 89.5 Å². The van der Waals surface area contributed by atoms with Crippen molar-refractivity contribution in [2.75, 3.05) is 23.7 Å². The van der Waals surface area contributed by atoms with E-state index in [0.29, 0.717) is 28.5 Å². The number of aliphatic hydroxyl groups excluding tert-OH is 1. The average Bonchev–Trinajstić information content (AvgIpc) is 2.85. The minimum atomic E-state index is -0.171. The zero-order valence-corrected chi connectivity index (χ0v) is 22.5. The van der Waals surface area contributed by atoms with E-state index in [2.05, 4.69) is 34.4 Å². The number of likely N-dealkylation sites (tertiary alicyclic amines) is 1. The van der Waals surface area contributed by atoms with Crippen LogP contribution in [0.3, 0.4) is 0 Å². The summed E-state index contributed by atoms with van der Waals surface area (Å²) in [5.41, 5.74) is 2.52. The fourth-order valence-corrected chi connectivity index (χ4v) is 6.61. The molecular formula is C28H41ClN6O. The van der Waals surface area contributed by atoms with Crippen molar-refractivity contribution in [3.63, 3.8) is 0 Å². The lowest BCUT2D eigenvalue weighted by atomic mass is 9.74. The Hall–Kier alpha value is -1.96. The summed E-state index contributed by atoms with van der Waals surface area (Å²) < 4.78 is 0. The second-order valence-electron chi connectivity index (χ2n) is 11.9. The molecule has 0 spiro atoms. The molecule has 2 aromatic rings. The zero-order chi connectivity index (χ0) is 25.1. The molecule has 1 aliphatic heterocycles. The average molecular weight is 513 g/mol. The molecule has 8 heteroatoms. The summed E-state index contributed by atoms with van der Waals surface area (Å²) >= 11 is 6.06. The van der Waals surface area contributed by atoms with E-state index in [1.807, 2.05) is 12.3 Å². The van der Waals surface area contributed by atoms with Crippen LogP contribution >= 0.6 is 11.6 Å². The number of piperidine rings is 1. The van der Waals surface area contributed by atoms with Crippen molar-refractivity contribution in [3.8, 4) is 0 Å². The van der Waals surface area contributed by atoms with Crippen LogP contribution in [-0.2, 0) is 0 Å². The van der Waals surface area contributed by atoms with Gasteiger partial charge in [0.15, 0.2) is 0 Å². The Bertz CT molecular complexity index is 1020. The van der Waals surface area contributed by atoms with E-state index >= 15 is 0 Å². The highest BCUT2D eigenvalue weighted by molar-refractivity contribution is 6.29. The fraction of sp³-hybridized carbons (Fsp3) is 0.679. The highest BCUT2D eigenvalue weighted by atomic mass is 35.5. The number of rotatable bonds is 6. The van der Waals surface area contributed by atoms with Crippen LogP contribution in [0.15, 0.2) is 24.5 Å². The Morgan fingerprint density at radius 2 is 1.83 bits per heavy atom. The molecule has 2 aromatic heterocycles. The maximum Gasteiger partial charge on any atom is 0.229 e. The smallest absolute Gasteiger partial charge is 0.229 e. The largest absolute Gasteiger partial charge is 0.393 e. The second-order valence-corrected chi connectivity index (χ2v) is 12.3. The number of halogens is 1. The third kappa shape index (κ3) is 6.48. The Labute approximate surface area is 220 Å². The third-order valence-electron chi connectivity index (χ3n) is 8.50. The lowest BCUT2D eigenvalue weighted by molar-refractivity contribution is 0.0744. The lowest BCUT2D eigenvalue weighted by Crippen LogP contribution is -2.45. The van der Waals surface area contributed by atoms with Gasteiger partial charge in [-0.1, -0.05) is 31.9 Å². The minimum absolute atomic E-state index is 0.171. The normalized spacial score (nSPS) is 27.5. The number of anilines is 3. The van der Waals surface area contributed by atoms with Crippen LogP contribution in [0, 0.1) is 5.41 Å². The van der Waals surface area contributed by atoms with Gasteiger partial charge in [0.2, 0.25) is 5.95 Å². The van der Waals surface area contributed by atoms with Gasteiger partial charge in [0.25, 0.3) is 0 Å². The molecular weight excluding hydrogens is 472 g/mol. The molecule has 36 heavy (non-hydrogen) atoms. The standard InChI is InChI=1S/C28H41ClN6O/c1-28(2)12-3-4-22(17-28)35-14-10-19(11-15-35)24-18-31-27(33-21-9-13-30-25(29)16-21)34-26(24)32-20-5-7-23(36)8-6-20/h9,13,16,18-20,22-23,36H,3-8,10-12,14-15,17H2,1-2H3,(H2,30,31,32,33,34)/t20-,22?,23-. The Kier molecular flexibility index (Phi) is 7.99. The summed E-state index contributed by atoms with van der Waals surface area (Å²) in [5, 5.41) is 17.4. The molecule has 1 saturated heterocycles. The van der Waals surface area contributed by atoms with Gasteiger partial charge in [0.1, 0.15) is 11.0 Å². The zero-order valence-electron chi connectivity index (χ0n) is 21.7. The lowest BCUT2D eigenvalue weighted by Gasteiger charge is -2.44. The van der Waals surface area contributed by atoms with Crippen molar-refractivity contribution < 1.29 is 5.11 Å². The molecule has 2 saturated carbocycles. The first kappa shape index (κ1) is 25.7. The number of hydrogen-bond acceptors (Lipinski definition) is 7. The first-order chi connectivity index (χ1) is 17.3. The molecule has 0 radical (unpaired) electrons. The van der Waals surface area contributed by atoms with Crippen molar-refractivity contribution in [3.05, 3.63) is 35.2 Å². The molecule has 0 amide bonds. The predicted octanol–water partition coefficient (Wildman–Crippen LogP) is 6.13. The third-order valence-corrected chi connectivity index (χ3v) is 8.71. The number of aliphatic hydroxyl groups is 1. The van der Waals surface area contributed by atoms with Crippen molar-refractivity contribution in [1.82, 2.24) is 19.9 Å². The van der Waals surface area contributed by atoms with Gasteiger partial charge < -0.3 is 20.6 Å². The second kappa shape index (κ2) is 11.2. The SMILES string of the molecule is CC1(C)CCCC(N2CCC(c3cnc(Nc4ccnc(Cl)c4)nc3N[C@H]3CC[C@H](O)CC3)CC2)C1. The van der Waals surface area contributed by atoms with Crippen LogP contribution in [0.4, 0.5) is 17.5 Å². The maximum absolute atomic E-state index is 9.96. The first-order valence-electron chi connectivity index (χ1n) is 13.8. The van der Waals surface area contributed by atoms with Crippen molar-refractivity contribution in [2.24, 2.45) is 5.41 Å². The molecule has 7 nitrogen and oxygen atoms in total. The van der Waals surface area contributed by atoms with Gasteiger partial charge in [-0.05, 0) is 94.3 Å². The van der Waals surface area contributed by atoms with Crippen LogP contribution in [0.2, 0.25) is 5.15 Å². The van der Waals surface area contributed by atoms with Crippen molar-refractivity contribution in [1.29, 1.82) is 0 Å². The first-order valence-corrected chi connectivity index (χ1v) is 14.2. The molecule has 3 fully saturated rings. The van der Waals surface area contributed by atoms with Gasteiger partial charge in [-0.15, -0.1) is 0 Å². The molecule has 1 unspecified atom stereocenters. The summed E-state index contributed by atoms with van der Waals surface area (Å²) in [7, 11) is 0. The van der Waals surface area contributed by atoms with Gasteiger partial charge in [-0.3, -0.25) is 0 Å². The highest BCUT2D eigenvalue weighted by Gasteiger charge is 2.34. The van der Waals surface area contributed by atoms with E-state index in [0.717, 1.165) is 69.2 Å². The molecule has 3 N–H and O–H groups in total.